The van der Waals surface area contributed by atoms with E-state index in [1.54, 1.807) is 36.4 Å². The Kier molecular flexibility index (Phi) is 7.33. The number of likely N-dealkylation sites (N-methyl/N-ethyl adjacent to an activating group) is 1. The van der Waals surface area contributed by atoms with E-state index in [1.165, 1.54) is 13.2 Å². The summed E-state index contributed by atoms with van der Waals surface area (Å²) >= 11 is 0. The zero-order valence-electron chi connectivity index (χ0n) is 20.0. The molecule has 37 heavy (non-hydrogen) atoms. The third-order valence-corrected chi connectivity index (χ3v) is 5.86. The number of rotatable bonds is 6. The standard InChI is InChI=1S/C28H22F4N4O/c1-16-20(25(30)27(32)26(31)24(16)29)14-23(37)36(2)28-21(13-8-17-6-4-3-5-7-17)35-22(15-34-28)18-9-11-19(33)12-10-18/h3-13,15H,14,33H2,1-2H3/b13-8+. The third kappa shape index (κ3) is 5.35. The molecule has 4 rings (SSSR count). The van der Waals surface area contributed by atoms with Gasteiger partial charge in [-0.25, -0.2) is 27.5 Å². The molecule has 3 aromatic carbocycles. The molecule has 0 saturated carbocycles. The highest BCUT2D eigenvalue weighted by molar-refractivity contribution is 5.95. The largest absolute Gasteiger partial charge is 0.399 e. The van der Waals surface area contributed by atoms with Crippen LogP contribution in [-0.2, 0) is 11.2 Å². The first kappa shape index (κ1) is 25.6. The van der Waals surface area contributed by atoms with Crippen LogP contribution in [0.25, 0.3) is 23.4 Å². The first-order chi connectivity index (χ1) is 17.7. The Balaban J connectivity index is 1.72. The van der Waals surface area contributed by atoms with Crippen molar-refractivity contribution in [3.8, 4) is 11.3 Å². The van der Waals surface area contributed by atoms with E-state index in [1.807, 2.05) is 30.3 Å². The molecule has 2 N–H and O–H groups in total. The maximum absolute atomic E-state index is 14.4. The first-order valence-electron chi connectivity index (χ1n) is 11.2. The number of amides is 1. The van der Waals surface area contributed by atoms with E-state index in [0.29, 0.717) is 17.1 Å². The Morgan fingerprint density at radius 1 is 0.919 bits per heavy atom. The monoisotopic (exact) mass is 506 g/mol. The average Bonchev–Trinajstić information content (AvgIpc) is 2.92. The molecule has 188 valence electrons. The van der Waals surface area contributed by atoms with E-state index in [0.717, 1.165) is 23.0 Å². The van der Waals surface area contributed by atoms with Gasteiger partial charge in [-0.05, 0) is 36.3 Å². The van der Waals surface area contributed by atoms with Crippen molar-refractivity contribution >= 4 is 29.6 Å². The predicted molar refractivity (Wildman–Crippen MR) is 135 cm³/mol. The van der Waals surface area contributed by atoms with E-state index in [9.17, 15) is 22.4 Å². The van der Waals surface area contributed by atoms with Gasteiger partial charge in [0.1, 0.15) is 5.69 Å². The molecule has 1 amide bonds. The molecule has 0 bridgehead atoms. The van der Waals surface area contributed by atoms with Gasteiger partial charge in [-0.15, -0.1) is 0 Å². The predicted octanol–water partition coefficient (Wildman–Crippen LogP) is 5.97. The Labute approximate surface area is 210 Å². The van der Waals surface area contributed by atoms with Gasteiger partial charge < -0.3 is 5.73 Å². The second-order valence-electron chi connectivity index (χ2n) is 8.32. The Morgan fingerprint density at radius 3 is 2.24 bits per heavy atom. The van der Waals surface area contributed by atoms with Gasteiger partial charge in [-0.3, -0.25) is 9.69 Å². The van der Waals surface area contributed by atoms with E-state index in [4.69, 9.17) is 5.73 Å². The van der Waals surface area contributed by atoms with Crippen LogP contribution in [0.5, 0.6) is 0 Å². The van der Waals surface area contributed by atoms with Gasteiger partial charge in [0.05, 0.1) is 18.3 Å². The smallest absolute Gasteiger partial charge is 0.232 e. The third-order valence-electron chi connectivity index (χ3n) is 5.86. The summed E-state index contributed by atoms with van der Waals surface area (Å²) in [5.74, 6) is -7.62. The molecule has 0 unspecified atom stereocenters. The number of hydrogen-bond donors (Lipinski definition) is 1. The lowest BCUT2D eigenvalue weighted by atomic mass is 10.0. The fraction of sp³-hybridized carbons (Fsp3) is 0.107. The molecule has 0 atom stereocenters. The quantitative estimate of drug-likeness (QED) is 0.151. The summed E-state index contributed by atoms with van der Waals surface area (Å²) in [5, 5.41) is 0. The molecular formula is C28H22F4N4O. The molecule has 0 aliphatic heterocycles. The lowest BCUT2D eigenvalue weighted by molar-refractivity contribution is -0.117. The molecule has 5 nitrogen and oxygen atoms in total. The number of anilines is 2. The zero-order chi connectivity index (χ0) is 26.7. The number of nitrogen functional groups attached to an aromatic ring is 1. The summed E-state index contributed by atoms with van der Waals surface area (Å²) in [5.41, 5.74) is 7.76. The van der Waals surface area contributed by atoms with Crippen molar-refractivity contribution in [1.82, 2.24) is 9.97 Å². The van der Waals surface area contributed by atoms with Gasteiger partial charge in [-0.2, -0.15) is 0 Å². The van der Waals surface area contributed by atoms with Crippen LogP contribution in [-0.4, -0.2) is 22.9 Å². The second-order valence-corrected chi connectivity index (χ2v) is 8.32. The summed E-state index contributed by atoms with van der Waals surface area (Å²) in [7, 11) is 1.39. The van der Waals surface area contributed by atoms with Gasteiger partial charge in [-0.1, -0.05) is 48.5 Å². The van der Waals surface area contributed by atoms with Crippen LogP contribution in [0.4, 0.5) is 29.1 Å². The topological polar surface area (TPSA) is 72.1 Å². The highest BCUT2D eigenvalue weighted by Crippen LogP contribution is 2.27. The van der Waals surface area contributed by atoms with Crippen LogP contribution in [0, 0.1) is 30.2 Å². The van der Waals surface area contributed by atoms with Crippen molar-refractivity contribution in [2.45, 2.75) is 13.3 Å². The number of nitrogens with zero attached hydrogens (tertiary/aromatic N) is 3. The van der Waals surface area contributed by atoms with Gasteiger partial charge in [0.2, 0.25) is 5.91 Å². The highest BCUT2D eigenvalue weighted by Gasteiger charge is 2.26. The fourth-order valence-electron chi connectivity index (χ4n) is 3.68. The van der Waals surface area contributed by atoms with Crippen LogP contribution < -0.4 is 10.6 Å². The van der Waals surface area contributed by atoms with Gasteiger partial charge >= 0.3 is 0 Å². The zero-order valence-corrected chi connectivity index (χ0v) is 20.0. The number of benzene rings is 3. The van der Waals surface area contributed by atoms with Crippen LogP contribution in [0.3, 0.4) is 0 Å². The van der Waals surface area contributed by atoms with E-state index >= 15 is 0 Å². The maximum Gasteiger partial charge on any atom is 0.232 e. The van der Waals surface area contributed by atoms with E-state index < -0.39 is 46.7 Å². The maximum atomic E-state index is 14.4. The molecule has 1 heterocycles. The molecule has 0 spiro atoms. The summed E-state index contributed by atoms with van der Waals surface area (Å²) in [6, 6.07) is 16.4. The normalized spacial score (nSPS) is 11.2. The first-order valence-corrected chi connectivity index (χ1v) is 11.2. The molecule has 0 radical (unpaired) electrons. The molecule has 1 aromatic heterocycles. The number of aromatic nitrogens is 2. The Bertz CT molecular complexity index is 1460. The fourth-order valence-corrected chi connectivity index (χ4v) is 3.68. The minimum atomic E-state index is -1.97. The van der Waals surface area contributed by atoms with Gasteiger partial charge in [0.15, 0.2) is 29.1 Å². The van der Waals surface area contributed by atoms with Crippen LogP contribution >= 0.6 is 0 Å². The van der Waals surface area contributed by atoms with E-state index in [-0.39, 0.29) is 5.82 Å². The molecule has 0 fully saturated rings. The van der Waals surface area contributed by atoms with Gasteiger partial charge in [0, 0.05) is 23.9 Å². The van der Waals surface area contributed by atoms with Gasteiger partial charge in [0.25, 0.3) is 0 Å². The molecule has 0 aliphatic rings. The lowest BCUT2D eigenvalue weighted by Gasteiger charge is -2.20. The summed E-state index contributed by atoms with van der Waals surface area (Å²) < 4.78 is 55.8. The molecular weight excluding hydrogens is 484 g/mol. The summed E-state index contributed by atoms with van der Waals surface area (Å²) in [6.45, 7) is 1.08. The molecule has 0 aliphatic carbocycles. The number of halogens is 4. The number of hydrogen-bond acceptors (Lipinski definition) is 4. The van der Waals surface area contributed by atoms with Crippen molar-refractivity contribution in [2.75, 3.05) is 17.7 Å². The van der Waals surface area contributed by atoms with Crippen LogP contribution in [0.2, 0.25) is 0 Å². The second kappa shape index (κ2) is 10.6. The number of nitrogens with two attached hydrogens (primary N) is 1. The van der Waals surface area contributed by atoms with Crippen molar-refractivity contribution in [2.24, 2.45) is 0 Å². The average molecular weight is 507 g/mol. The number of carbonyl (C=O) groups is 1. The van der Waals surface area contributed by atoms with Crippen molar-refractivity contribution in [1.29, 1.82) is 0 Å². The molecule has 9 heteroatoms. The SMILES string of the molecule is Cc1c(F)c(F)c(F)c(F)c1CC(=O)N(C)c1ncc(-c2ccc(N)cc2)nc1/C=C/c1ccccc1. The van der Waals surface area contributed by atoms with Crippen LogP contribution in [0.1, 0.15) is 22.4 Å². The Morgan fingerprint density at radius 2 is 1.57 bits per heavy atom. The Hall–Kier alpha value is -4.53. The van der Waals surface area contributed by atoms with Crippen molar-refractivity contribution in [3.63, 3.8) is 0 Å². The number of carbonyl (C=O) groups excluding carboxylic acids is 1. The summed E-state index contributed by atoms with van der Waals surface area (Å²) in [6.07, 6.45) is 4.21. The minimum absolute atomic E-state index is 0.137. The van der Waals surface area contributed by atoms with Crippen molar-refractivity contribution in [3.05, 3.63) is 106 Å². The highest BCUT2D eigenvalue weighted by atomic mass is 19.2. The lowest BCUT2D eigenvalue weighted by Crippen LogP contribution is -2.30. The minimum Gasteiger partial charge on any atom is -0.399 e. The van der Waals surface area contributed by atoms with Crippen molar-refractivity contribution < 1.29 is 22.4 Å². The van der Waals surface area contributed by atoms with E-state index in [2.05, 4.69) is 9.97 Å². The molecule has 0 saturated heterocycles. The van der Waals surface area contributed by atoms with Crippen LogP contribution in [0.15, 0.2) is 60.8 Å². The summed E-state index contributed by atoms with van der Waals surface area (Å²) in [4.78, 5) is 23.2. The molecule has 4 aromatic rings.